The second kappa shape index (κ2) is 5.21. The highest BCUT2D eigenvalue weighted by Crippen LogP contribution is 2.06. The van der Waals surface area contributed by atoms with Gasteiger partial charge in [-0.15, -0.1) is 0 Å². The molecular formula is C10H12FNO2. The number of ether oxygens (including phenoxy) is 1. The third kappa shape index (κ3) is 3.05. The molecule has 0 fully saturated rings. The van der Waals surface area contributed by atoms with Crippen LogP contribution in [0, 0.1) is 0 Å². The number of halogens is 1. The van der Waals surface area contributed by atoms with E-state index in [1.54, 1.807) is 24.3 Å². The van der Waals surface area contributed by atoms with Crippen LogP contribution in [0.4, 0.5) is 10.1 Å². The first-order chi connectivity index (χ1) is 6.74. The van der Waals surface area contributed by atoms with Crippen LogP contribution in [0.15, 0.2) is 24.3 Å². The minimum absolute atomic E-state index is 0.111. The molecule has 0 aliphatic rings. The number of alkyl halides is 1. The summed E-state index contributed by atoms with van der Waals surface area (Å²) in [5, 5.41) is 0. The molecule has 0 bridgehead atoms. The third-order valence-corrected chi connectivity index (χ3v) is 1.66. The van der Waals surface area contributed by atoms with Gasteiger partial charge in [-0.05, 0) is 24.3 Å². The Kier molecular flexibility index (Phi) is 3.91. The molecule has 0 spiro atoms. The molecule has 1 rings (SSSR count). The Morgan fingerprint density at radius 2 is 2.00 bits per heavy atom. The van der Waals surface area contributed by atoms with Crippen LogP contribution in [0.1, 0.15) is 16.8 Å². The largest absolute Gasteiger partial charge is 0.462 e. The fourth-order valence-corrected chi connectivity index (χ4v) is 0.922. The monoisotopic (exact) mass is 197 g/mol. The molecule has 1 aromatic carbocycles. The Hall–Kier alpha value is -1.58. The van der Waals surface area contributed by atoms with Crippen molar-refractivity contribution in [2.75, 3.05) is 19.0 Å². The minimum Gasteiger partial charge on any atom is -0.462 e. The zero-order chi connectivity index (χ0) is 10.4. The predicted octanol–water partition coefficient (Wildman–Crippen LogP) is 1.79. The van der Waals surface area contributed by atoms with Crippen molar-refractivity contribution < 1.29 is 13.9 Å². The van der Waals surface area contributed by atoms with Gasteiger partial charge in [0.05, 0.1) is 18.8 Å². The van der Waals surface area contributed by atoms with Crippen LogP contribution in [0.5, 0.6) is 0 Å². The molecule has 0 unspecified atom stereocenters. The molecule has 0 radical (unpaired) electrons. The lowest BCUT2D eigenvalue weighted by Crippen LogP contribution is -2.06. The maximum absolute atomic E-state index is 11.7. The molecule has 0 aromatic heterocycles. The van der Waals surface area contributed by atoms with E-state index in [0.717, 1.165) is 0 Å². The highest BCUT2D eigenvalue weighted by molar-refractivity contribution is 5.89. The van der Waals surface area contributed by atoms with E-state index in [1.807, 2.05) is 0 Å². The molecule has 0 heterocycles. The van der Waals surface area contributed by atoms with Crippen molar-refractivity contribution in [3.63, 3.8) is 0 Å². The molecule has 0 aliphatic heterocycles. The van der Waals surface area contributed by atoms with Crippen LogP contribution in [0.3, 0.4) is 0 Å². The van der Waals surface area contributed by atoms with E-state index in [0.29, 0.717) is 11.3 Å². The summed E-state index contributed by atoms with van der Waals surface area (Å²) in [5.74, 6) is -0.446. The van der Waals surface area contributed by atoms with Gasteiger partial charge in [0.2, 0.25) is 0 Å². The van der Waals surface area contributed by atoms with E-state index in [-0.39, 0.29) is 13.0 Å². The standard InChI is InChI=1S/C10H12FNO2/c11-6-1-7-14-10(13)8-2-4-9(12)5-3-8/h2-5H,1,6-7,12H2. The van der Waals surface area contributed by atoms with Crippen molar-refractivity contribution >= 4 is 11.7 Å². The second-order valence-electron chi connectivity index (χ2n) is 2.80. The van der Waals surface area contributed by atoms with Crippen molar-refractivity contribution in [1.29, 1.82) is 0 Å². The van der Waals surface area contributed by atoms with Crippen LogP contribution in [0.25, 0.3) is 0 Å². The van der Waals surface area contributed by atoms with Gasteiger partial charge in [-0.25, -0.2) is 4.79 Å². The summed E-state index contributed by atoms with van der Waals surface area (Å²) in [6.45, 7) is -0.366. The SMILES string of the molecule is Nc1ccc(C(=O)OCCCF)cc1. The van der Waals surface area contributed by atoms with Crippen LogP contribution in [-0.4, -0.2) is 19.3 Å². The molecule has 0 atom stereocenters. The van der Waals surface area contributed by atoms with Gasteiger partial charge in [-0.3, -0.25) is 4.39 Å². The topological polar surface area (TPSA) is 52.3 Å². The Morgan fingerprint density at radius 1 is 1.36 bits per heavy atom. The summed E-state index contributed by atoms with van der Waals surface area (Å²) in [4.78, 5) is 11.2. The van der Waals surface area contributed by atoms with Crippen LogP contribution in [-0.2, 0) is 4.74 Å². The molecule has 2 N–H and O–H groups in total. The fraction of sp³-hybridized carbons (Fsp3) is 0.300. The number of hydrogen-bond donors (Lipinski definition) is 1. The lowest BCUT2D eigenvalue weighted by atomic mass is 10.2. The number of nitrogens with two attached hydrogens (primary N) is 1. The Morgan fingerprint density at radius 3 is 2.57 bits per heavy atom. The summed E-state index contributed by atoms with van der Waals surface area (Å²) in [7, 11) is 0. The van der Waals surface area contributed by atoms with E-state index >= 15 is 0 Å². The van der Waals surface area contributed by atoms with Gasteiger partial charge < -0.3 is 10.5 Å². The summed E-state index contributed by atoms with van der Waals surface area (Å²) in [6, 6.07) is 6.39. The number of carbonyl (C=O) groups is 1. The third-order valence-electron chi connectivity index (χ3n) is 1.66. The molecule has 0 aliphatic carbocycles. The maximum atomic E-state index is 11.7. The lowest BCUT2D eigenvalue weighted by Gasteiger charge is -2.02. The molecule has 3 nitrogen and oxygen atoms in total. The zero-order valence-corrected chi connectivity index (χ0v) is 7.70. The number of benzene rings is 1. The number of anilines is 1. The predicted molar refractivity (Wildman–Crippen MR) is 51.7 cm³/mol. The van der Waals surface area contributed by atoms with Crippen LogP contribution in [0.2, 0.25) is 0 Å². The summed E-state index contributed by atoms with van der Waals surface area (Å²) in [6.07, 6.45) is 0.237. The van der Waals surface area contributed by atoms with E-state index < -0.39 is 12.6 Å². The van der Waals surface area contributed by atoms with Gasteiger partial charge >= 0.3 is 5.97 Å². The van der Waals surface area contributed by atoms with Gasteiger partial charge in [-0.2, -0.15) is 0 Å². The average Bonchev–Trinajstić information content (AvgIpc) is 2.19. The maximum Gasteiger partial charge on any atom is 0.338 e. The minimum atomic E-state index is -0.477. The van der Waals surface area contributed by atoms with Gasteiger partial charge in [0.15, 0.2) is 0 Å². The normalized spacial score (nSPS) is 9.79. The second-order valence-corrected chi connectivity index (χ2v) is 2.80. The highest BCUT2D eigenvalue weighted by Gasteiger charge is 2.05. The van der Waals surface area contributed by atoms with Gasteiger partial charge in [0.1, 0.15) is 0 Å². The molecular weight excluding hydrogens is 185 g/mol. The average molecular weight is 197 g/mol. The van der Waals surface area contributed by atoms with E-state index in [2.05, 4.69) is 0 Å². The fourth-order valence-electron chi connectivity index (χ4n) is 0.922. The first-order valence-electron chi connectivity index (χ1n) is 4.32. The number of rotatable bonds is 4. The van der Waals surface area contributed by atoms with E-state index in [1.165, 1.54) is 0 Å². The quantitative estimate of drug-likeness (QED) is 0.454. The van der Waals surface area contributed by atoms with E-state index in [9.17, 15) is 9.18 Å². The lowest BCUT2D eigenvalue weighted by molar-refractivity contribution is 0.0494. The van der Waals surface area contributed by atoms with E-state index in [4.69, 9.17) is 10.5 Å². The number of esters is 1. The number of carbonyl (C=O) groups excluding carboxylic acids is 1. The summed E-state index contributed by atoms with van der Waals surface area (Å²) < 4.78 is 16.5. The summed E-state index contributed by atoms with van der Waals surface area (Å²) >= 11 is 0. The van der Waals surface area contributed by atoms with Crippen molar-refractivity contribution in [1.82, 2.24) is 0 Å². The zero-order valence-electron chi connectivity index (χ0n) is 7.70. The molecule has 0 saturated carbocycles. The molecule has 0 amide bonds. The van der Waals surface area contributed by atoms with Crippen LogP contribution < -0.4 is 5.73 Å². The van der Waals surface area contributed by atoms with Gasteiger partial charge in [-0.1, -0.05) is 0 Å². The van der Waals surface area contributed by atoms with Crippen molar-refractivity contribution in [3.8, 4) is 0 Å². The van der Waals surface area contributed by atoms with Crippen molar-refractivity contribution in [2.24, 2.45) is 0 Å². The highest BCUT2D eigenvalue weighted by atomic mass is 19.1. The van der Waals surface area contributed by atoms with Crippen molar-refractivity contribution in [3.05, 3.63) is 29.8 Å². The Bertz CT molecular complexity index is 297. The van der Waals surface area contributed by atoms with Gasteiger partial charge in [0.25, 0.3) is 0 Å². The summed E-state index contributed by atoms with van der Waals surface area (Å²) in [5.41, 5.74) is 6.46. The molecule has 76 valence electrons. The number of nitrogen functional groups attached to an aromatic ring is 1. The van der Waals surface area contributed by atoms with Gasteiger partial charge in [0, 0.05) is 12.1 Å². The Balaban J connectivity index is 2.48. The molecule has 4 heteroatoms. The first-order valence-corrected chi connectivity index (χ1v) is 4.32. The Labute approximate surface area is 81.7 Å². The van der Waals surface area contributed by atoms with Crippen LogP contribution >= 0.6 is 0 Å². The molecule has 14 heavy (non-hydrogen) atoms. The smallest absolute Gasteiger partial charge is 0.338 e. The molecule has 1 aromatic rings. The number of hydrogen-bond acceptors (Lipinski definition) is 3. The first kappa shape index (κ1) is 10.5. The van der Waals surface area contributed by atoms with Crippen molar-refractivity contribution in [2.45, 2.75) is 6.42 Å². The molecule has 0 saturated heterocycles.